The third kappa shape index (κ3) is 3.78. The molecular formula is C8H14N2O2. The Morgan fingerprint density at radius 2 is 2.33 bits per heavy atom. The summed E-state index contributed by atoms with van der Waals surface area (Å²) in [7, 11) is 1.65. The fourth-order valence-corrected chi connectivity index (χ4v) is 0.742. The number of hydrazine groups is 1. The Morgan fingerprint density at radius 3 is 2.67 bits per heavy atom. The summed E-state index contributed by atoms with van der Waals surface area (Å²) >= 11 is 0. The molecule has 0 bridgehead atoms. The van der Waals surface area contributed by atoms with Gasteiger partial charge in [0.05, 0.1) is 0 Å². The molecule has 0 spiro atoms. The largest absolute Gasteiger partial charge is 0.480 e. The highest BCUT2D eigenvalue weighted by Gasteiger charge is 2.06. The number of allylic oxidation sites excluding steroid dienone is 2. The zero-order chi connectivity index (χ0) is 9.56. The second-order valence-corrected chi connectivity index (χ2v) is 2.19. The minimum atomic E-state index is -0.894. The van der Waals surface area contributed by atoms with E-state index in [1.807, 2.05) is 6.92 Å². The molecule has 0 aromatic rings. The van der Waals surface area contributed by atoms with Gasteiger partial charge in [0.1, 0.15) is 6.54 Å². The number of carbonyl (C=O) groups is 1. The van der Waals surface area contributed by atoms with Crippen molar-refractivity contribution < 1.29 is 9.90 Å². The Balaban J connectivity index is 4.14. The van der Waals surface area contributed by atoms with Crippen molar-refractivity contribution in [2.45, 2.75) is 6.92 Å². The van der Waals surface area contributed by atoms with Gasteiger partial charge in [-0.15, -0.1) is 0 Å². The predicted octanol–water partition coefficient (Wildman–Crippen LogP) is 0.597. The first-order chi connectivity index (χ1) is 5.61. The summed E-state index contributed by atoms with van der Waals surface area (Å²) < 4.78 is 0. The molecule has 0 heterocycles. The van der Waals surface area contributed by atoms with E-state index < -0.39 is 5.97 Å². The van der Waals surface area contributed by atoms with Crippen LogP contribution in [0.25, 0.3) is 0 Å². The Morgan fingerprint density at radius 1 is 1.75 bits per heavy atom. The van der Waals surface area contributed by atoms with E-state index in [9.17, 15) is 4.79 Å². The Labute approximate surface area is 72.2 Å². The highest BCUT2D eigenvalue weighted by molar-refractivity contribution is 5.69. The molecule has 68 valence electrons. The third-order valence-corrected chi connectivity index (χ3v) is 1.27. The molecule has 4 nitrogen and oxygen atoms in total. The fourth-order valence-electron chi connectivity index (χ4n) is 0.742. The summed E-state index contributed by atoms with van der Waals surface area (Å²) in [6.45, 7) is 5.43. The van der Waals surface area contributed by atoms with Gasteiger partial charge in [-0.1, -0.05) is 12.7 Å². The molecule has 0 radical (unpaired) electrons. The van der Waals surface area contributed by atoms with E-state index in [4.69, 9.17) is 5.11 Å². The maximum atomic E-state index is 10.3. The normalized spacial score (nSPS) is 10.2. The van der Waals surface area contributed by atoms with Crippen LogP contribution in [0.3, 0.4) is 0 Å². The molecule has 0 aliphatic rings. The number of hydrogen-bond donors (Lipinski definition) is 2. The molecule has 0 aromatic carbocycles. The van der Waals surface area contributed by atoms with Crippen LogP contribution < -0.4 is 5.43 Å². The molecule has 2 N–H and O–H groups in total. The van der Waals surface area contributed by atoms with Crippen molar-refractivity contribution in [1.29, 1.82) is 0 Å². The van der Waals surface area contributed by atoms with E-state index in [0.717, 1.165) is 0 Å². The highest BCUT2D eigenvalue weighted by atomic mass is 16.4. The average Bonchev–Trinajstić information content (AvgIpc) is 2.00. The molecule has 0 aliphatic heterocycles. The van der Waals surface area contributed by atoms with Crippen LogP contribution in [0, 0.1) is 0 Å². The van der Waals surface area contributed by atoms with Gasteiger partial charge in [0.25, 0.3) is 0 Å². The standard InChI is InChI=1S/C8H14N2O2/c1-4-5-7(2)10(9-3)6-8(11)12/h4-5,9H,2,6H2,1,3H3,(H,11,12)/b5-4-. The fraction of sp³-hybridized carbons (Fsp3) is 0.375. The first-order valence-corrected chi connectivity index (χ1v) is 3.60. The number of carboxylic acids is 1. The van der Waals surface area contributed by atoms with Crippen molar-refractivity contribution in [3.8, 4) is 0 Å². The summed E-state index contributed by atoms with van der Waals surface area (Å²) in [6, 6.07) is 0. The predicted molar refractivity (Wildman–Crippen MR) is 47.4 cm³/mol. The maximum Gasteiger partial charge on any atom is 0.324 e. The van der Waals surface area contributed by atoms with Crippen LogP contribution in [0.2, 0.25) is 0 Å². The number of carboxylic acid groups (broad SMARTS) is 1. The topological polar surface area (TPSA) is 52.6 Å². The summed E-state index contributed by atoms with van der Waals surface area (Å²) in [5.41, 5.74) is 3.35. The Hall–Kier alpha value is -1.29. The third-order valence-electron chi connectivity index (χ3n) is 1.27. The van der Waals surface area contributed by atoms with Crippen molar-refractivity contribution in [2.75, 3.05) is 13.6 Å². The zero-order valence-corrected chi connectivity index (χ0v) is 7.37. The maximum absolute atomic E-state index is 10.3. The van der Waals surface area contributed by atoms with E-state index in [2.05, 4.69) is 12.0 Å². The quantitative estimate of drug-likeness (QED) is 0.468. The average molecular weight is 170 g/mol. The van der Waals surface area contributed by atoms with Crippen LogP contribution in [0.1, 0.15) is 6.92 Å². The lowest BCUT2D eigenvalue weighted by molar-refractivity contribution is -0.138. The summed E-state index contributed by atoms with van der Waals surface area (Å²) in [5.74, 6) is -0.894. The molecule has 0 aliphatic carbocycles. The van der Waals surface area contributed by atoms with Crippen LogP contribution in [0.5, 0.6) is 0 Å². The van der Waals surface area contributed by atoms with Crippen LogP contribution in [-0.4, -0.2) is 29.7 Å². The molecule has 4 heteroatoms. The zero-order valence-electron chi connectivity index (χ0n) is 7.37. The van der Waals surface area contributed by atoms with Gasteiger partial charge in [0.15, 0.2) is 0 Å². The van der Waals surface area contributed by atoms with Gasteiger partial charge in [-0.25, -0.2) is 5.43 Å². The number of nitrogens with zero attached hydrogens (tertiary/aromatic N) is 1. The van der Waals surface area contributed by atoms with Crippen LogP contribution >= 0.6 is 0 Å². The van der Waals surface area contributed by atoms with Gasteiger partial charge in [0.2, 0.25) is 0 Å². The molecule has 0 atom stereocenters. The second kappa shape index (κ2) is 5.37. The molecule has 0 amide bonds. The van der Waals surface area contributed by atoms with Crippen molar-refractivity contribution in [3.63, 3.8) is 0 Å². The first kappa shape index (κ1) is 10.7. The van der Waals surface area contributed by atoms with Gasteiger partial charge in [0, 0.05) is 12.7 Å². The molecular weight excluding hydrogens is 156 g/mol. The number of hydrogen-bond acceptors (Lipinski definition) is 3. The molecule has 0 unspecified atom stereocenters. The second-order valence-electron chi connectivity index (χ2n) is 2.19. The van der Waals surface area contributed by atoms with Crippen molar-refractivity contribution >= 4 is 5.97 Å². The lowest BCUT2D eigenvalue weighted by Crippen LogP contribution is -2.37. The molecule has 0 aromatic heterocycles. The Bertz CT molecular complexity index is 199. The molecule has 0 saturated heterocycles. The lowest BCUT2D eigenvalue weighted by atomic mass is 10.4. The first-order valence-electron chi connectivity index (χ1n) is 3.60. The minimum absolute atomic E-state index is 0.0975. The number of aliphatic carboxylic acids is 1. The van der Waals surface area contributed by atoms with Crippen molar-refractivity contribution in [3.05, 3.63) is 24.4 Å². The smallest absolute Gasteiger partial charge is 0.324 e. The molecule has 0 saturated carbocycles. The number of nitrogens with one attached hydrogen (secondary N) is 1. The van der Waals surface area contributed by atoms with Gasteiger partial charge in [-0.2, -0.15) is 0 Å². The monoisotopic (exact) mass is 170 g/mol. The minimum Gasteiger partial charge on any atom is -0.480 e. The van der Waals surface area contributed by atoms with Gasteiger partial charge >= 0.3 is 5.97 Å². The van der Waals surface area contributed by atoms with Crippen LogP contribution in [0.4, 0.5) is 0 Å². The van der Waals surface area contributed by atoms with E-state index in [0.29, 0.717) is 5.70 Å². The summed E-state index contributed by atoms with van der Waals surface area (Å²) in [4.78, 5) is 10.3. The molecule has 0 rings (SSSR count). The lowest BCUT2D eigenvalue weighted by Gasteiger charge is -2.20. The van der Waals surface area contributed by atoms with Crippen LogP contribution in [-0.2, 0) is 4.79 Å². The van der Waals surface area contributed by atoms with Gasteiger partial charge in [-0.3, -0.25) is 9.80 Å². The number of rotatable bonds is 5. The van der Waals surface area contributed by atoms with E-state index in [1.165, 1.54) is 5.01 Å². The highest BCUT2D eigenvalue weighted by Crippen LogP contribution is 1.98. The van der Waals surface area contributed by atoms with Crippen molar-refractivity contribution in [1.82, 2.24) is 10.4 Å². The van der Waals surface area contributed by atoms with Crippen molar-refractivity contribution in [2.24, 2.45) is 0 Å². The van der Waals surface area contributed by atoms with Gasteiger partial charge < -0.3 is 5.11 Å². The van der Waals surface area contributed by atoms with Gasteiger partial charge in [-0.05, 0) is 13.0 Å². The van der Waals surface area contributed by atoms with E-state index >= 15 is 0 Å². The van der Waals surface area contributed by atoms with E-state index in [-0.39, 0.29) is 6.54 Å². The SMILES string of the molecule is C=C(/C=C\C)N(CC(=O)O)NC. The summed E-state index contributed by atoms with van der Waals surface area (Å²) in [6.07, 6.45) is 3.54. The Kier molecular flexibility index (Phi) is 4.79. The van der Waals surface area contributed by atoms with E-state index in [1.54, 1.807) is 19.2 Å². The molecule has 12 heavy (non-hydrogen) atoms. The van der Waals surface area contributed by atoms with Crippen LogP contribution in [0.15, 0.2) is 24.4 Å². The summed E-state index contributed by atoms with van der Waals surface area (Å²) in [5, 5.41) is 9.93. The molecule has 0 fully saturated rings.